The molecule has 48 heavy (non-hydrogen) atoms. The number of amides is 1. The summed E-state index contributed by atoms with van der Waals surface area (Å²) in [5, 5.41) is 10.5. The second-order valence-electron chi connectivity index (χ2n) is 11.7. The summed E-state index contributed by atoms with van der Waals surface area (Å²) in [5.74, 6) is -2.46. The molecule has 2 heterocycles. The molecule has 2 aromatic heterocycles. The van der Waals surface area contributed by atoms with Crippen LogP contribution in [-0.2, 0) is 19.6 Å². The molecule has 3 aromatic rings. The summed E-state index contributed by atoms with van der Waals surface area (Å²) in [4.78, 5) is 37.3. The van der Waals surface area contributed by atoms with Gasteiger partial charge in [-0.2, -0.15) is 4.99 Å². The van der Waals surface area contributed by atoms with Gasteiger partial charge in [0.1, 0.15) is 4.90 Å². The van der Waals surface area contributed by atoms with Crippen LogP contribution in [0.3, 0.4) is 0 Å². The molecule has 264 valence electrons. The Morgan fingerprint density at radius 3 is 2.04 bits per heavy atom. The Balaban J connectivity index is 1.60. The number of benzene rings is 1. The molecule has 0 saturated heterocycles. The highest BCUT2D eigenvalue weighted by molar-refractivity contribution is 7.90. The minimum Gasteiger partial charge on any atom is -0.491 e. The quantitative estimate of drug-likeness (QED) is 0.0664. The van der Waals surface area contributed by atoms with E-state index in [1.165, 1.54) is 64.9 Å². The number of oxazole rings is 1. The van der Waals surface area contributed by atoms with Crippen LogP contribution in [0.1, 0.15) is 108 Å². The Morgan fingerprint density at radius 1 is 0.958 bits per heavy atom. The second-order valence-corrected chi connectivity index (χ2v) is 14.1. The van der Waals surface area contributed by atoms with E-state index < -0.39 is 32.5 Å². The van der Waals surface area contributed by atoms with Gasteiger partial charge in [0.05, 0.1) is 39.8 Å². The van der Waals surface area contributed by atoms with Gasteiger partial charge in [-0.15, -0.1) is 0 Å². The summed E-state index contributed by atoms with van der Waals surface area (Å²) in [5.41, 5.74) is 0.797. The number of carbonyl (C=O) groups excluding carboxylic acids is 1. The smallest absolute Gasteiger partial charge is 0.427 e. The maximum absolute atomic E-state index is 13.0. The van der Waals surface area contributed by atoms with E-state index in [0.717, 1.165) is 42.4 Å². The number of aromatic nitrogens is 3. The topological polar surface area (TPSA) is 166 Å². The number of unbranched alkanes of at least 4 members (excludes halogenated alkanes) is 12. The van der Waals surface area contributed by atoms with Crippen LogP contribution in [0.4, 0.5) is 5.95 Å². The highest BCUT2D eigenvalue weighted by Crippen LogP contribution is 2.37. The SMILES string of the molecule is CCCCCCCCCCCCCCCC(=O)NS(=O)(=O)c1cc(Cl)c(-n2c(O)c(-c3c(C)nc(N=COC)nc3C)oc2=O)cc1Cl. The van der Waals surface area contributed by atoms with Crippen LogP contribution in [-0.4, -0.2) is 47.5 Å². The molecule has 1 aromatic carbocycles. The molecular weight excluding hydrogens is 681 g/mol. The Bertz CT molecular complexity index is 1720. The summed E-state index contributed by atoms with van der Waals surface area (Å²) in [7, 11) is -2.97. The van der Waals surface area contributed by atoms with Crippen LogP contribution >= 0.6 is 23.2 Å². The predicted octanol–water partition coefficient (Wildman–Crippen LogP) is 8.11. The highest BCUT2D eigenvalue weighted by atomic mass is 35.5. The van der Waals surface area contributed by atoms with Crippen molar-refractivity contribution in [3.05, 3.63) is 44.1 Å². The van der Waals surface area contributed by atoms with Crippen molar-refractivity contribution in [2.75, 3.05) is 7.11 Å². The molecule has 2 N–H and O–H groups in total. The number of sulfonamides is 1. The monoisotopic (exact) mass is 725 g/mol. The number of halogens is 2. The summed E-state index contributed by atoms with van der Waals surface area (Å²) in [6.45, 7) is 5.45. The standard InChI is InChI=1S/C33H45Cl2N5O7S/c1-5-6-7-8-9-10-11-12-13-14-15-16-17-18-28(41)39-48(44,45)27-20-24(34)26(19-25(27)35)40-31(42)30(47-33(40)43)29-22(2)37-32(36-21-46-4)38-23(29)3/h19-21,42H,5-18H2,1-4H3,(H,39,41). The van der Waals surface area contributed by atoms with E-state index >= 15 is 0 Å². The first-order valence-electron chi connectivity index (χ1n) is 16.3. The van der Waals surface area contributed by atoms with Crippen LogP contribution in [0.2, 0.25) is 10.0 Å². The fraction of sp³-hybridized carbons (Fsp3) is 0.545. The molecule has 12 nitrogen and oxygen atoms in total. The van der Waals surface area contributed by atoms with E-state index in [9.17, 15) is 23.1 Å². The zero-order valence-electron chi connectivity index (χ0n) is 28.0. The lowest BCUT2D eigenvalue weighted by molar-refractivity contribution is -0.119. The maximum atomic E-state index is 13.0. The molecule has 0 aliphatic carbocycles. The van der Waals surface area contributed by atoms with Crippen molar-refractivity contribution in [1.29, 1.82) is 0 Å². The molecule has 0 saturated carbocycles. The molecule has 1 amide bonds. The van der Waals surface area contributed by atoms with Crippen molar-refractivity contribution in [3.63, 3.8) is 0 Å². The third-order valence-corrected chi connectivity index (χ3v) is 9.97. The van der Waals surface area contributed by atoms with Gasteiger partial charge in [0.25, 0.3) is 16.0 Å². The molecule has 0 fully saturated rings. The zero-order chi connectivity index (χ0) is 35.3. The lowest BCUT2D eigenvalue weighted by atomic mass is 10.0. The van der Waals surface area contributed by atoms with Crippen molar-refractivity contribution in [2.45, 2.75) is 116 Å². The highest BCUT2D eigenvalue weighted by Gasteiger charge is 2.28. The number of aromatic hydroxyl groups is 1. The van der Waals surface area contributed by atoms with Crippen molar-refractivity contribution in [1.82, 2.24) is 19.3 Å². The predicted molar refractivity (Wildman–Crippen MR) is 187 cm³/mol. The summed E-state index contributed by atoms with van der Waals surface area (Å²) >= 11 is 12.7. The second kappa shape index (κ2) is 18.9. The number of methoxy groups -OCH3 is 1. The molecular formula is C33H45Cl2N5O7S. The van der Waals surface area contributed by atoms with Crippen LogP contribution in [0.15, 0.2) is 31.2 Å². The number of hydrogen-bond donors (Lipinski definition) is 2. The Labute approximate surface area is 292 Å². The molecule has 0 radical (unpaired) electrons. The number of hydrogen-bond acceptors (Lipinski definition) is 10. The fourth-order valence-corrected chi connectivity index (χ4v) is 7.26. The van der Waals surface area contributed by atoms with Crippen molar-refractivity contribution in [2.24, 2.45) is 4.99 Å². The van der Waals surface area contributed by atoms with E-state index in [4.69, 9.17) is 32.4 Å². The zero-order valence-corrected chi connectivity index (χ0v) is 30.3. The van der Waals surface area contributed by atoms with Gasteiger partial charge in [0, 0.05) is 6.42 Å². The van der Waals surface area contributed by atoms with Crippen LogP contribution in [0.5, 0.6) is 5.88 Å². The molecule has 0 aliphatic heterocycles. The molecule has 0 bridgehead atoms. The van der Waals surface area contributed by atoms with Crippen LogP contribution in [0.25, 0.3) is 17.0 Å². The first kappa shape index (κ1) is 39.0. The Kier molecular flexibility index (Phi) is 15.4. The van der Waals surface area contributed by atoms with Crippen molar-refractivity contribution >= 4 is 51.5 Å². The van der Waals surface area contributed by atoms with E-state index in [1.54, 1.807) is 13.8 Å². The molecule has 0 spiro atoms. The largest absolute Gasteiger partial charge is 0.491 e. The van der Waals surface area contributed by atoms with Crippen molar-refractivity contribution < 1.29 is 27.5 Å². The van der Waals surface area contributed by atoms with Gasteiger partial charge in [0.15, 0.2) is 6.40 Å². The lowest BCUT2D eigenvalue weighted by Gasteiger charge is -2.12. The maximum Gasteiger partial charge on any atom is 0.427 e. The van der Waals surface area contributed by atoms with Gasteiger partial charge in [0.2, 0.25) is 17.5 Å². The number of rotatable bonds is 20. The Morgan fingerprint density at radius 2 is 1.50 bits per heavy atom. The van der Waals surface area contributed by atoms with Gasteiger partial charge in [-0.05, 0) is 32.4 Å². The number of aliphatic imine (C=N–C) groups is 1. The van der Waals surface area contributed by atoms with Gasteiger partial charge >= 0.3 is 5.76 Å². The summed E-state index contributed by atoms with van der Waals surface area (Å²) < 4.78 is 39.0. The first-order valence-corrected chi connectivity index (χ1v) is 18.6. The Hall–Kier alpha value is -3.42. The van der Waals surface area contributed by atoms with E-state index in [1.807, 2.05) is 4.72 Å². The third kappa shape index (κ3) is 10.8. The molecule has 0 aliphatic rings. The average Bonchev–Trinajstić information content (AvgIpc) is 3.31. The summed E-state index contributed by atoms with van der Waals surface area (Å²) in [6, 6.07) is 2.09. The molecule has 15 heteroatoms. The molecule has 0 unspecified atom stereocenters. The van der Waals surface area contributed by atoms with Crippen LogP contribution in [0, 0.1) is 13.8 Å². The fourth-order valence-electron chi connectivity index (χ4n) is 5.38. The lowest BCUT2D eigenvalue weighted by Crippen LogP contribution is -2.30. The van der Waals surface area contributed by atoms with Gasteiger partial charge in [-0.25, -0.2) is 32.5 Å². The third-order valence-electron chi connectivity index (χ3n) is 7.83. The average molecular weight is 727 g/mol. The number of carbonyl (C=O) groups is 1. The first-order chi connectivity index (χ1) is 22.9. The molecule has 0 atom stereocenters. The normalized spacial score (nSPS) is 11.8. The van der Waals surface area contributed by atoms with Crippen molar-refractivity contribution in [3.8, 4) is 22.9 Å². The van der Waals surface area contributed by atoms with Gasteiger partial charge < -0.3 is 14.3 Å². The minimum atomic E-state index is -4.39. The number of nitrogens with zero attached hydrogens (tertiary/aromatic N) is 4. The van der Waals surface area contributed by atoms with Crippen LogP contribution < -0.4 is 10.5 Å². The summed E-state index contributed by atoms with van der Waals surface area (Å²) in [6.07, 6.45) is 16.2. The number of aryl methyl sites for hydroxylation is 2. The number of nitrogens with one attached hydrogen (secondary N) is 1. The van der Waals surface area contributed by atoms with Gasteiger partial charge in [-0.3, -0.25) is 4.79 Å². The van der Waals surface area contributed by atoms with Gasteiger partial charge in [-0.1, -0.05) is 107 Å². The van der Waals surface area contributed by atoms with E-state index in [-0.39, 0.29) is 39.4 Å². The number of ether oxygens (including phenoxy) is 1. The van der Waals surface area contributed by atoms with E-state index in [2.05, 4.69) is 21.9 Å². The molecule has 3 rings (SSSR count). The van der Waals surface area contributed by atoms with E-state index in [0.29, 0.717) is 17.8 Å². The minimum absolute atomic E-state index is 0.0454.